The van der Waals surface area contributed by atoms with Crippen LogP contribution < -0.4 is 0 Å². The van der Waals surface area contributed by atoms with Gasteiger partial charge in [-0.3, -0.25) is 4.79 Å². The molecule has 0 bridgehead atoms. The van der Waals surface area contributed by atoms with Crippen LogP contribution in [-0.2, 0) is 27.8 Å². The average molecular weight is 413 g/mol. The van der Waals surface area contributed by atoms with Gasteiger partial charge in [0.1, 0.15) is 4.21 Å². The molecular weight excluding hydrogens is 392 g/mol. The molecule has 140 valence electrons. The number of nitrogens with zero attached hydrogens (tertiary/aromatic N) is 2. The van der Waals surface area contributed by atoms with Crippen molar-refractivity contribution in [1.82, 2.24) is 9.21 Å². The van der Waals surface area contributed by atoms with Gasteiger partial charge in [-0.2, -0.15) is 4.31 Å². The summed E-state index contributed by atoms with van der Waals surface area (Å²) in [7, 11) is -1.67. The van der Waals surface area contributed by atoms with E-state index in [0.717, 1.165) is 23.3 Å². The summed E-state index contributed by atoms with van der Waals surface area (Å²) in [6.45, 7) is 1.65. The summed E-state index contributed by atoms with van der Waals surface area (Å²) in [5.41, 5.74) is 0.994. The highest BCUT2D eigenvalue weighted by Gasteiger charge is 2.28. The van der Waals surface area contributed by atoms with E-state index in [9.17, 15) is 13.2 Å². The zero-order chi connectivity index (χ0) is 18.7. The minimum absolute atomic E-state index is 0.0491. The van der Waals surface area contributed by atoms with Crippen LogP contribution in [0.3, 0.4) is 0 Å². The predicted octanol–water partition coefficient (Wildman–Crippen LogP) is 3.39. The van der Waals surface area contributed by atoms with Crippen LogP contribution in [0.1, 0.15) is 23.3 Å². The molecular formula is C18H21ClN2O3S2. The van der Waals surface area contributed by atoms with Crippen LogP contribution in [0.5, 0.6) is 0 Å². The molecule has 5 nitrogen and oxygen atoms in total. The van der Waals surface area contributed by atoms with Gasteiger partial charge in [-0.05, 0) is 42.7 Å². The average Bonchev–Trinajstić information content (AvgIpc) is 3.29. The highest BCUT2D eigenvalue weighted by Crippen LogP contribution is 2.27. The topological polar surface area (TPSA) is 57.7 Å². The standard InChI is InChI=1S/C18H21ClN2O3S2/c1-20(13-14-4-6-15(19)7-5-14)17(22)12-16-8-9-18(25-16)26(23,24)21-10-2-3-11-21/h4-9H,2-3,10-13H2,1H3. The summed E-state index contributed by atoms with van der Waals surface area (Å²) in [5.74, 6) is -0.0491. The monoisotopic (exact) mass is 412 g/mol. The first-order chi connectivity index (χ1) is 12.4. The molecule has 26 heavy (non-hydrogen) atoms. The SMILES string of the molecule is CN(Cc1ccc(Cl)cc1)C(=O)Cc1ccc(S(=O)(=O)N2CCCC2)s1. The number of hydrogen-bond acceptors (Lipinski definition) is 4. The van der Waals surface area contributed by atoms with Crippen LogP contribution >= 0.6 is 22.9 Å². The molecule has 0 radical (unpaired) electrons. The number of benzene rings is 1. The minimum Gasteiger partial charge on any atom is -0.341 e. The Hall–Kier alpha value is -1.41. The summed E-state index contributed by atoms with van der Waals surface area (Å²) in [5, 5.41) is 0.660. The maximum Gasteiger partial charge on any atom is 0.252 e. The Balaban J connectivity index is 1.62. The summed E-state index contributed by atoms with van der Waals surface area (Å²) in [6.07, 6.45) is 2.02. The molecule has 0 spiro atoms. The highest BCUT2D eigenvalue weighted by molar-refractivity contribution is 7.91. The van der Waals surface area contributed by atoms with Crippen molar-refractivity contribution in [2.45, 2.75) is 30.0 Å². The minimum atomic E-state index is -3.41. The first kappa shape index (κ1) is 19.4. The van der Waals surface area contributed by atoms with Crippen LogP contribution in [0.2, 0.25) is 5.02 Å². The third kappa shape index (κ3) is 4.46. The van der Waals surface area contributed by atoms with Crippen molar-refractivity contribution in [3.05, 3.63) is 51.9 Å². The van der Waals surface area contributed by atoms with Gasteiger partial charge < -0.3 is 4.90 Å². The van der Waals surface area contributed by atoms with Crippen molar-refractivity contribution >= 4 is 38.9 Å². The molecule has 0 saturated carbocycles. The zero-order valence-electron chi connectivity index (χ0n) is 14.5. The van der Waals surface area contributed by atoms with E-state index in [-0.39, 0.29) is 12.3 Å². The maximum absolute atomic E-state index is 12.6. The first-order valence-corrected chi connectivity index (χ1v) is 11.1. The largest absolute Gasteiger partial charge is 0.341 e. The second kappa shape index (κ2) is 8.08. The third-order valence-corrected chi connectivity index (χ3v) is 8.08. The van der Waals surface area contributed by atoms with Crippen molar-refractivity contribution in [2.75, 3.05) is 20.1 Å². The quantitative estimate of drug-likeness (QED) is 0.730. The Kier molecular flexibility index (Phi) is 6.02. The molecule has 0 unspecified atom stereocenters. The smallest absolute Gasteiger partial charge is 0.252 e. The fourth-order valence-electron chi connectivity index (χ4n) is 2.88. The van der Waals surface area contributed by atoms with Gasteiger partial charge in [0.15, 0.2) is 0 Å². The number of carbonyl (C=O) groups excluding carboxylic acids is 1. The van der Waals surface area contributed by atoms with Gasteiger partial charge >= 0.3 is 0 Å². The number of halogens is 1. The van der Waals surface area contributed by atoms with E-state index in [1.165, 1.54) is 15.6 Å². The zero-order valence-corrected chi connectivity index (χ0v) is 16.9. The molecule has 0 N–H and O–H groups in total. The van der Waals surface area contributed by atoms with E-state index in [4.69, 9.17) is 11.6 Å². The molecule has 1 saturated heterocycles. The van der Waals surface area contributed by atoms with Crippen molar-refractivity contribution in [1.29, 1.82) is 0 Å². The van der Waals surface area contributed by atoms with Crippen LogP contribution in [0.25, 0.3) is 0 Å². The number of rotatable bonds is 6. The second-order valence-electron chi connectivity index (χ2n) is 6.38. The van der Waals surface area contributed by atoms with Crippen LogP contribution in [0.4, 0.5) is 0 Å². The van der Waals surface area contributed by atoms with Crippen LogP contribution in [-0.4, -0.2) is 43.7 Å². The van der Waals surface area contributed by atoms with E-state index in [1.807, 2.05) is 12.1 Å². The molecule has 0 atom stereocenters. The first-order valence-electron chi connectivity index (χ1n) is 8.43. The van der Waals surface area contributed by atoms with Crippen molar-refractivity contribution in [3.63, 3.8) is 0 Å². The summed E-state index contributed by atoms with van der Waals surface area (Å²) >= 11 is 7.06. The molecule has 2 aromatic rings. The predicted molar refractivity (Wildman–Crippen MR) is 104 cm³/mol. The van der Waals surface area contributed by atoms with E-state index < -0.39 is 10.0 Å². The Morgan fingerprint density at radius 2 is 1.81 bits per heavy atom. The van der Waals surface area contributed by atoms with E-state index >= 15 is 0 Å². The Bertz CT molecular complexity index is 872. The molecule has 3 rings (SSSR count). The van der Waals surface area contributed by atoms with Crippen molar-refractivity contribution in [3.8, 4) is 0 Å². The van der Waals surface area contributed by atoms with Gasteiger partial charge in [0.2, 0.25) is 5.91 Å². The molecule has 0 aliphatic carbocycles. The normalized spacial score (nSPS) is 15.3. The lowest BCUT2D eigenvalue weighted by molar-refractivity contribution is -0.129. The second-order valence-corrected chi connectivity index (χ2v) is 10.2. The Morgan fingerprint density at radius 3 is 2.46 bits per heavy atom. The van der Waals surface area contributed by atoms with Crippen LogP contribution in [0, 0.1) is 0 Å². The molecule has 1 aliphatic rings. The van der Waals surface area contributed by atoms with E-state index in [1.54, 1.807) is 36.2 Å². The molecule has 1 aliphatic heterocycles. The van der Waals surface area contributed by atoms with Crippen LogP contribution in [0.15, 0.2) is 40.6 Å². The molecule has 1 fully saturated rings. The van der Waals surface area contributed by atoms with Gasteiger partial charge in [0, 0.05) is 36.6 Å². The lowest BCUT2D eigenvalue weighted by Gasteiger charge is -2.17. The fraction of sp³-hybridized carbons (Fsp3) is 0.389. The van der Waals surface area contributed by atoms with Gasteiger partial charge in [0.05, 0.1) is 6.42 Å². The summed E-state index contributed by atoms with van der Waals surface area (Å²) < 4.78 is 27.0. The van der Waals surface area contributed by atoms with Gasteiger partial charge in [-0.1, -0.05) is 23.7 Å². The Labute approximate surface area is 163 Å². The summed E-state index contributed by atoms with van der Waals surface area (Å²) in [4.78, 5) is 14.8. The number of sulfonamides is 1. The van der Waals surface area contributed by atoms with Crippen molar-refractivity contribution in [2.24, 2.45) is 0 Å². The number of thiophene rings is 1. The van der Waals surface area contributed by atoms with Crippen molar-refractivity contribution < 1.29 is 13.2 Å². The van der Waals surface area contributed by atoms with E-state index in [0.29, 0.717) is 28.9 Å². The lowest BCUT2D eigenvalue weighted by atomic mass is 10.2. The molecule has 1 aromatic heterocycles. The van der Waals surface area contributed by atoms with Gasteiger partial charge in [-0.15, -0.1) is 11.3 Å². The van der Waals surface area contributed by atoms with E-state index in [2.05, 4.69) is 0 Å². The third-order valence-electron chi connectivity index (χ3n) is 4.38. The van der Waals surface area contributed by atoms with Gasteiger partial charge in [-0.25, -0.2) is 8.42 Å². The highest BCUT2D eigenvalue weighted by atomic mass is 35.5. The molecule has 2 heterocycles. The number of amides is 1. The molecule has 1 aromatic carbocycles. The Morgan fingerprint density at radius 1 is 1.15 bits per heavy atom. The lowest BCUT2D eigenvalue weighted by Crippen LogP contribution is -2.27. The number of likely N-dealkylation sites (N-methyl/N-ethyl adjacent to an activating group) is 1. The maximum atomic E-state index is 12.6. The number of hydrogen-bond donors (Lipinski definition) is 0. The summed E-state index contributed by atoms with van der Waals surface area (Å²) in [6, 6.07) is 10.7. The number of carbonyl (C=O) groups is 1. The molecule has 8 heteroatoms. The fourth-order valence-corrected chi connectivity index (χ4v) is 6.03. The van der Waals surface area contributed by atoms with Gasteiger partial charge in [0.25, 0.3) is 10.0 Å². The molecule has 1 amide bonds.